The molecule has 3 N–H and O–H groups in total. The molecule has 2 heterocycles. The fourth-order valence-corrected chi connectivity index (χ4v) is 3.75. The molecule has 0 atom stereocenters. The summed E-state index contributed by atoms with van der Waals surface area (Å²) in [5.74, 6) is -0.453. The van der Waals surface area contributed by atoms with Crippen molar-refractivity contribution in [2.24, 2.45) is 5.10 Å². The van der Waals surface area contributed by atoms with Gasteiger partial charge in [-0.15, -0.1) is 0 Å². The van der Waals surface area contributed by atoms with Gasteiger partial charge in [0.05, 0.1) is 23.9 Å². The largest absolute Gasteiger partial charge is 0.496 e. The van der Waals surface area contributed by atoms with Crippen molar-refractivity contribution in [1.82, 2.24) is 21.3 Å². The van der Waals surface area contributed by atoms with Gasteiger partial charge in [-0.25, -0.2) is 5.43 Å². The van der Waals surface area contributed by atoms with Crippen molar-refractivity contribution in [2.45, 2.75) is 26.2 Å². The monoisotopic (exact) mass is 461 g/mol. The third-order valence-corrected chi connectivity index (χ3v) is 5.39. The number of methoxy groups -OCH3 is 1. The smallest absolute Gasteiger partial charge is 0.305 e. The molecule has 34 heavy (non-hydrogen) atoms. The first-order chi connectivity index (χ1) is 16.5. The van der Waals surface area contributed by atoms with Crippen LogP contribution >= 0.6 is 0 Å². The van der Waals surface area contributed by atoms with E-state index in [0.29, 0.717) is 46.8 Å². The predicted molar refractivity (Wildman–Crippen MR) is 123 cm³/mol. The normalized spacial score (nSPS) is 13.6. The van der Waals surface area contributed by atoms with Gasteiger partial charge in [-0.05, 0) is 44.0 Å². The summed E-state index contributed by atoms with van der Waals surface area (Å²) in [5, 5.41) is 4.28. The number of ether oxygens (including phenoxy) is 1. The third-order valence-electron chi connectivity index (χ3n) is 5.39. The van der Waals surface area contributed by atoms with Crippen molar-refractivity contribution >= 4 is 23.4 Å². The Hall–Kier alpha value is -4.47. The molecule has 0 spiro atoms. The quantitative estimate of drug-likeness (QED) is 0.500. The molecule has 4 rings (SSSR count). The van der Waals surface area contributed by atoms with Gasteiger partial charge < -0.3 is 9.15 Å². The molecule has 1 aliphatic carbocycles. The number of amides is 3. The van der Waals surface area contributed by atoms with Crippen molar-refractivity contribution in [1.29, 1.82) is 0 Å². The third kappa shape index (κ3) is 4.65. The molecule has 1 aliphatic rings. The average molecular weight is 461 g/mol. The van der Waals surface area contributed by atoms with Crippen LogP contribution in [0.4, 0.5) is 0 Å². The lowest BCUT2D eigenvalue weighted by atomic mass is 9.93. The molecular weight excluding hydrogens is 438 g/mol. The summed E-state index contributed by atoms with van der Waals surface area (Å²) in [6.07, 6.45) is 5.04. The highest BCUT2D eigenvalue weighted by Crippen LogP contribution is 2.29. The second-order valence-electron chi connectivity index (χ2n) is 7.56. The van der Waals surface area contributed by atoms with Crippen LogP contribution in [0.2, 0.25) is 0 Å². The first-order valence-electron chi connectivity index (χ1n) is 10.6. The number of aromatic nitrogens is 1. The molecule has 0 aliphatic heterocycles. The van der Waals surface area contributed by atoms with Crippen molar-refractivity contribution in [3.63, 3.8) is 0 Å². The van der Waals surface area contributed by atoms with Crippen LogP contribution in [0.1, 0.15) is 61.0 Å². The molecule has 0 radical (unpaired) electrons. The van der Waals surface area contributed by atoms with Crippen LogP contribution in [-0.2, 0) is 6.42 Å². The van der Waals surface area contributed by atoms with E-state index < -0.39 is 11.8 Å². The Balaban J connectivity index is 1.48. The van der Waals surface area contributed by atoms with Gasteiger partial charge in [0.2, 0.25) is 0 Å². The number of para-hydroxylation sites is 1. The van der Waals surface area contributed by atoms with E-state index in [-0.39, 0.29) is 17.2 Å². The first kappa shape index (κ1) is 22.7. The van der Waals surface area contributed by atoms with E-state index in [4.69, 9.17) is 9.15 Å². The van der Waals surface area contributed by atoms with Crippen LogP contribution in [0, 0.1) is 6.92 Å². The van der Waals surface area contributed by atoms with Crippen LogP contribution in [0.25, 0.3) is 0 Å². The standard InChI is InChI=1S/C24H23N5O5/c1-14-20-17(26-27-22(30)15-7-6-12-25-13-15)9-5-11-19(20)34-21(14)24(32)29-28-23(31)16-8-3-4-10-18(16)33-2/h3-4,6-8,10,12-13H,5,9,11H2,1-2H3,(H,27,30)(H,28,31)(H,29,32)/b26-17+. The molecule has 1 aromatic carbocycles. The van der Waals surface area contributed by atoms with E-state index in [1.54, 1.807) is 49.5 Å². The molecular formula is C24H23N5O5. The van der Waals surface area contributed by atoms with Crippen molar-refractivity contribution < 1.29 is 23.5 Å². The summed E-state index contributed by atoms with van der Waals surface area (Å²) >= 11 is 0. The number of hydrazone groups is 1. The highest BCUT2D eigenvalue weighted by Gasteiger charge is 2.28. The zero-order chi connectivity index (χ0) is 24.1. The number of rotatable bonds is 5. The molecule has 0 saturated heterocycles. The molecule has 10 heteroatoms. The lowest BCUT2D eigenvalue weighted by Crippen LogP contribution is -2.41. The molecule has 0 bridgehead atoms. The second-order valence-corrected chi connectivity index (χ2v) is 7.56. The Morgan fingerprint density at radius 3 is 2.59 bits per heavy atom. The van der Waals surface area contributed by atoms with Crippen molar-refractivity contribution in [2.75, 3.05) is 7.11 Å². The van der Waals surface area contributed by atoms with E-state index in [1.807, 2.05) is 0 Å². The molecule has 10 nitrogen and oxygen atoms in total. The molecule has 3 amide bonds. The highest BCUT2D eigenvalue weighted by atomic mass is 16.5. The number of benzene rings is 1. The first-order valence-corrected chi connectivity index (χ1v) is 10.6. The summed E-state index contributed by atoms with van der Waals surface area (Å²) in [5.41, 5.74) is 9.86. The molecule has 174 valence electrons. The summed E-state index contributed by atoms with van der Waals surface area (Å²) in [6.45, 7) is 1.74. The van der Waals surface area contributed by atoms with Crippen LogP contribution < -0.4 is 21.0 Å². The van der Waals surface area contributed by atoms with Gasteiger partial charge in [0.1, 0.15) is 11.5 Å². The predicted octanol–water partition coefficient (Wildman–Crippen LogP) is 2.54. The number of fused-ring (bicyclic) bond motifs is 1. The number of hydrogen-bond acceptors (Lipinski definition) is 7. The molecule has 0 unspecified atom stereocenters. The zero-order valence-corrected chi connectivity index (χ0v) is 18.7. The maximum atomic E-state index is 12.8. The molecule has 2 aromatic heterocycles. The number of aryl methyl sites for hydroxylation is 1. The number of carbonyl (C=O) groups excluding carboxylic acids is 3. The Labute approximate surface area is 195 Å². The van der Waals surface area contributed by atoms with Crippen LogP contribution in [0.5, 0.6) is 5.75 Å². The minimum absolute atomic E-state index is 0.0681. The lowest BCUT2D eigenvalue weighted by molar-refractivity contribution is 0.0827. The van der Waals surface area contributed by atoms with Crippen molar-refractivity contribution in [3.8, 4) is 5.75 Å². The Kier molecular flexibility index (Phi) is 6.67. The number of nitrogens with zero attached hydrogens (tertiary/aromatic N) is 2. The fourth-order valence-electron chi connectivity index (χ4n) is 3.75. The number of carbonyl (C=O) groups is 3. The maximum Gasteiger partial charge on any atom is 0.305 e. The minimum atomic E-state index is -0.603. The minimum Gasteiger partial charge on any atom is -0.496 e. The Morgan fingerprint density at radius 2 is 1.82 bits per heavy atom. The fraction of sp³-hybridized carbons (Fsp3) is 0.208. The Bertz CT molecular complexity index is 1270. The summed E-state index contributed by atoms with van der Waals surface area (Å²) in [4.78, 5) is 41.5. The van der Waals surface area contributed by atoms with E-state index in [0.717, 1.165) is 6.42 Å². The van der Waals surface area contributed by atoms with E-state index in [9.17, 15) is 14.4 Å². The van der Waals surface area contributed by atoms with E-state index >= 15 is 0 Å². The number of hydrazine groups is 1. The number of hydrogen-bond donors (Lipinski definition) is 3. The van der Waals surface area contributed by atoms with Crippen LogP contribution in [0.15, 0.2) is 58.3 Å². The van der Waals surface area contributed by atoms with Crippen molar-refractivity contribution in [3.05, 3.63) is 82.6 Å². The SMILES string of the molecule is COc1ccccc1C(=O)NNC(=O)c1oc2c(c1C)/C(=N/NC(=O)c1cccnc1)CCC2. The van der Waals surface area contributed by atoms with Gasteiger partial charge in [-0.3, -0.25) is 30.2 Å². The number of pyridine rings is 1. The maximum absolute atomic E-state index is 12.8. The van der Waals surface area contributed by atoms with E-state index in [2.05, 4.69) is 26.4 Å². The second kappa shape index (κ2) is 9.99. The van der Waals surface area contributed by atoms with Crippen LogP contribution in [0.3, 0.4) is 0 Å². The zero-order valence-electron chi connectivity index (χ0n) is 18.7. The number of furan rings is 1. The Morgan fingerprint density at radius 1 is 1.03 bits per heavy atom. The van der Waals surface area contributed by atoms with Crippen LogP contribution in [-0.4, -0.2) is 35.5 Å². The van der Waals surface area contributed by atoms with Gasteiger partial charge in [0.25, 0.3) is 11.8 Å². The summed E-state index contributed by atoms with van der Waals surface area (Å²) in [7, 11) is 1.46. The van der Waals surface area contributed by atoms with Gasteiger partial charge in [0, 0.05) is 29.9 Å². The molecule has 3 aromatic rings. The van der Waals surface area contributed by atoms with Gasteiger partial charge >= 0.3 is 5.91 Å². The van der Waals surface area contributed by atoms with E-state index in [1.165, 1.54) is 13.3 Å². The summed E-state index contributed by atoms with van der Waals surface area (Å²) < 4.78 is 11.0. The molecule has 0 saturated carbocycles. The number of nitrogens with one attached hydrogen (secondary N) is 3. The highest BCUT2D eigenvalue weighted by molar-refractivity contribution is 6.07. The average Bonchev–Trinajstić information content (AvgIpc) is 3.23. The lowest BCUT2D eigenvalue weighted by Gasteiger charge is -2.13. The van der Waals surface area contributed by atoms with Gasteiger partial charge in [0.15, 0.2) is 5.76 Å². The molecule has 0 fully saturated rings. The van der Waals surface area contributed by atoms with Gasteiger partial charge in [-0.2, -0.15) is 5.10 Å². The van der Waals surface area contributed by atoms with Gasteiger partial charge in [-0.1, -0.05) is 12.1 Å². The summed E-state index contributed by atoms with van der Waals surface area (Å²) in [6, 6.07) is 9.97. The topological polar surface area (TPSA) is 135 Å².